The molecule has 2 aromatic carbocycles. The van der Waals surface area contributed by atoms with Crippen molar-refractivity contribution in [3.05, 3.63) is 64.7 Å². The van der Waals surface area contributed by atoms with Crippen molar-refractivity contribution in [2.75, 3.05) is 14.2 Å². The molecule has 1 unspecified atom stereocenters. The highest BCUT2D eigenvalue weighted by Crippen LogP contribution is 2.22. The summed E-state index contributed by atoms with van der Waals surface area (Å²) < 4.78 is 23.4. The predicted molar refractivity (Wildman–Crippen MR) is 115 cm³/mol. The van der Waals surface area contributed by atoms with Crippen LogP contribution in [0, 0.1) is 16.5 Å². The molecule has 3 rings (SSSR count). The van der Waals surface area contributed by atoms with Gasteiger partial charge in [0.25, 0.3) is 0 Å². The van der Waals surface area contributed by atoms with Gasteiger partial charge in [-0.1, -0.05) is 26.0 Å². The van der Waals surface area contributed by atoms with Gasteiger partial charge in [0.15, 0.2) is 12.5 Å². The summed E-state index contributed by atoms with van der Waals surface area (Å²) in [5, 5.41) is 4.83. The van der Waals surface area contributed by atoms with Crippen LogP contribution in [-0.4, -0.2) is 28.5 Å². The average Bonchev–Trinajstić information content (AvgIpc) is 2.97. The normalized spacial score (nSPS) is 12.3. The van der Waals surface area contributed by atoms with Gasteiger partial charge in [0.1, 0.15) is 18.1 Å². The third-order valence-corrected chi connectivity index (χ3v) is 5.06. The van der Waals surface area contributed by atoms with Crippen LogP contribution in [-0.2, 0) is 19.8 Å². The summed E-state index contributed by atoms with van der Waals surface area (Å²) in [7, 11) is 3.71. The second kappa shape index (κ2) is 9.33. The molecule has 1 N–H and O–H groups in total. The molecule has 5 nitrogen and oxygen atoms in total. The average molecular weight is 416 g/mol. The lowest BCUT2D eigenvalue weighted by Crippen LogP contribution is -3.07. The van der Waals surface area contributed by atoms with Gasteiger partial charge >= 0.3 is 0 Å². The number of hydrogen-bond donors (Lipinski definition) is 1. The summed E-state index contributed by atoms with van der Waals surface area (Å²) in [6, 6.07) is 14.6. The number of quaternary nitrogens is 1. The van der Waals surface area contributed by atoms with Crippen LogP contribution in [0.2, 0.25) is 0 Å². The van der Waals surface area contributed by atoms with Crippen molar-refractivity contribution in [2.24, 2.45) is 5.92 Å². The maximum atomic E-state index is 13.5. The fourth-order valence-corrected chi connectivity index (χ4v) is 3.60. The molecule has 1 aromatic heterocycles. The molecule has 0 fully saturated rings. The van der Waals surface area contributed by atoms with E-state index in [4.69, 9.17) is 22.1 Å². The highest BCUT2D eigenvalue weighted by molar-refractivity contribution is 7.71. The van der Waals surface area contributed by atoms with Gasteiger partial charge in [-0.2, -0.15) is 4.68 Å². The summed E-state index contributed by atoms with van der Waals surface area (Å²) in [5.41, 5.74) is 1.95. The molecule has 1 heterocycles. The van der Waals surface area contributed by atoms with Gasteiger partial charge < -0.3 is 9.64 Å². The summed E-state index contributed by atoms with van der Waals surface area (Å²) in [4.78, 5) is 1.17. The SMILES string of the molecule is COc1ccc(-c2nn(C[NH+](C)Cc3cccc(F)c3)c(=S)n2CC(C)C)cc1. The van der Waals surface area contributed by atoms with Gasteiger partial charge in [-0.25, -0.2) is 4.39 Å². The highest BCUT2D eigenvalue weighted by atomic mass is 32.1. The summed E-state index contributed by atoms with van der Waals surface area (Å²) in [6.07, 6.45) is 0. The maximum absolute atomic E-state index is 13.5. The van der Waals surface area contributed by atoms with Crippen molar-refractivity contribution in [3.63, 3.8) is 0 Å². The minimum absolute atomic E-state index is 0.213. The van der Waals surface area contributed by atoms with E-state index in [9.17, 15) is 4.39 Å². The maximum Gasteiger partial charge on any atom is 0.203 e. The lowest BCUT2D eigenvalue weighted by atomic mass is 10.2. The van der Waals surface area contributed by atoms with Crippen LogP contribution in [0.15, 0.2) is 48.5 Å². The van der Waals surface area contributed by atoms with E-state index in [1.165, 1.54) is 11.0 Å². The third kappa shape index (κ3) is 5.31. The predicted octanol–water partition coefficient (Wildman–Crippen LogP) is 3.56. The molecule has 1 atom stereocenters. The Hall–Kier alpha value is -2.51. The lowest BCUT2D eigenvalue weighted by Gasteiger charge is -2.14. The molecule has 7 heteroatoms. The second-order valence-electron chi connectivity index (χ2n) is 7.76. The highest BCUT2D eigenvalue weighted by Gasteiger charge is 2.16. The van der Waals surface area contributed by atoms with Crippen LogP contribution >= 0.6 is 12.2 Å². The monoisotopic (exact) mass is 415 g/mol. The second-order valence-corrected chi connectivity index (χ2v) is 8.13. The first kappa shape index (κ1) is 21.2. The molecule has 0 bridgehead atoms. The Bertz CT molecular complexity index is 1010. The summed E-state index contributed by atoms with van der Waals surface area (Å²) in [5.74, 6) is 1.88. The van der Waals surface area contributed by atoms with Crippen molar-refractivity contribution in [3.8, 4) is 17.1 Å². The number of halogens is 1. The molecule has 0 radical (unpaired) electrons. The van der Waals surface area contributed by atoms with E-state index in [0.717, 1.165) is 29.2 Å². The Morgan fingerprint density at radius 2 is 1.90 bits per heavy atom. The van der Waals surface area contributed by atoms with Crippen LogP contribution in [0.4, 0.5) is 4.39 Å². The number of aromatic nitrogens is 3. The van der Waals surface area contributed by atoms with Gasteiger partial charge in [-0.3, -0.25) is 4.57 Å². The molecular weight excluding hydrogens is 387 g/mol. The molecule has 0 aliphatic rings. The van der Waals surface area contributed by atoms with E-state index in [2.05, 4.69) is 25.5 Å². The zero-order valence-electron chi connectivity index (χ0n) is 17.4. The minimum Gasteiger partial charge on any atom is -0.497 e. The van der Waals surface area contributed by atoms with Crippen molar-refractivity contribution in [1.82, 2.24) is 14.3 Å². The van der Waals surface area contributed by atoms with Gasteiger partial charge in [-0.05, 0) is 54.5 Å². The van der Waals surface area contributed by atoms with Gasteiger partial charge in [0.05, 0.1) is 14.2 Å². The van der Waals surface area contributed by atoms with E-state index in [1.54, 1.807) is 19.2 Å². The quantitative estimate of drug-likeness (QED) is 0.572. The van der Waals surface area contributed by atoms with E-state index in [1.807, 2.05) is 35.0 Å². The molecule has 0 aliphatic carbocycles. The fraction of sp³-hybridized carbons (Fsp3) is 0.364. The minimum atomic E-state index is -0.213. The Balaban J connectivity index is 1.88. The Morgan fingerprint density at radius 3 is 2.52 bits per heavy atom. The Morgan fingerprint density at radius 1 is 1.17 bits per heavy atom. The Kier molecular flexibility index (Phi) is 6.82. The van der Waals surface area contributed by atoms with Gasteiger partial charge in [0.2, 0.25) is 4.77 Å². The smallest absolute Gasteiger partial charge is 0.203 e. The molecule has 0 spiro atoms. The number of nitrogens with zero attached hydrogens (tertiary/aromatic N) is 3. The first-order chi connectivity index (χ1) is 13.9. The molecule has 154 valence electrons. The summed E-state index contributed by atoms with van der Waals surface area (Å²) >= 11 is 5.75. The van der Waals surface area contributed by atoms with Crippen LogP contribution in [0.5, 0.6) is 5.75 Å². The number of methoxy groups -OCH3 is 1. The molecule has 3 aromatic rings. The third-order valence-electron chi connectivity index (χ3n) is 4.63. The fourth-order valence-electron chi connectivity index (χ4n) is 3.33. The van der Waals surface area contributed by atoms with Gasteiger partial charge in [-0.15, -0.1) is 5.10 Å². The zero-order chi connectivity index (χ0) is 21.0. The zero-order valence-corrected chi connectivity index (χ0v) is 18.2. The topological polar surface area (TPSA) is 36.4 Å². The molecule has 29 heavy (non-hydrogen) atoms. The van der Waals surface area contributed by atoms with Crippen molar-refractivity contribution < 1.29 is 14.0 Å². The van der Waals surface area contributed by atoms with Crippen LogP contribution in [0.25, 0.3) is 11.4 Å². The number of hydrogen-bond acceptors (Lipinski definition) is 3. The van der Waals surface area contributed by atoms with Gasteiger partial charge in [0, 0.05) is 17.7 Å². The van der Waals surface area contributed by atoms with Crippen molar-refractivity contribution >= 4 is 12.2 Å². The Labute approximate surface area is 176 Å². The number of rotatable bonds is 8. The number of nitrogens with one attached hydrogen (secondary N) is 1. The standard InChI is InChI=1S/C22H27FN4OS/c1-16(2)13-26-21(18-8-10-20(28-4)11-9-18)24-27(22(26)29)15-25(3)14-17-6-5-7-19(23)12-17/h5-12,16H,13-15H2,1-4H3/p+1. The summed E-state index contributed by atoms with van der Waals surface area (Å²) in [6.45, 7) is 6.41. The molecular formula is C22H28FN4OS+. The van der Waals surface area contributed by atoms with Crippen LogP contribution < -0.4 is 9.64 Å². The van der Waals surface area contributed by atoms with Crippen molar-refractivity contribution in [1.29, 1.82) is 0 Å². The number of benzene rings is 2. The first-order valence-corrected chi connectivity index (χ1v) is 10.2. The first-order valence-electron chi connectivity index (χ1n) is 9.75. The van der Waals surface area contributed by atoms with Crippen LogP contribution in [0.3, 0.4) is 0 Å². The van der Waals surface area contributed by atoms with Crippen molar-refractivity contribution in [2.45, 2.75) is 33.6 Å². The van der Waals surface area contributed by atoms with E-state index in [-0.39, 0.29) is 5.82 Å². The molecule has 0 saturated heterocycles. The van der Waals surface area contributed by atoms with Crippen LogP contribution in [0.1, 0.15) is 19.4 Å². The molecule has 0 aliphatic heterocycles. The van der Waals surface area contributed by atoms with E-state index in [0.29, 0.717) is 23.9 Å². The molecule has 0 amide bonds. The van der Waals surface area contributed by atoms with E-state index < -0.39 is 0 Å². The van der Waals surface area contributed by atoms with E-state index >= 15 is 0 Å². The molecule has 0 saturated carbocycles. The lowest BCUT2D eigenvalue weighted by molar-refractivity contribution is -0.917. The largest absolute Gasteiger partial charge is 0.497 e. The number of ether oxygens (including phenoxy) is 1.